The number of halogens is 1. The average molecular weight is 342 g/mol. The van der Waals surface area contributed by atoms with Crippen molar-refractivity contribution in [2.45, 2.75) is 32.9 Å². The molecule has 1 fully saturated rings. The highest BCUT2D eigenvalue weighted by molar-refractivity contribution is 9.10. The second-order valence-corrected chi connectivity index (χ2v) is 6.64. The van der Waals surface area contributed by atoms with Gasteiger partial charge in [0.1, 0.15) is 5.82 Å². The summed E-state index contributed by atoms with van der Waals surface area (Å²) in [6.45, 7) is 8.12. The van der Waals surface area contributed by atoms with E-state index in [0.29, 0.717) is 12.0 Å². The molecule has 0 aromatic carbocycles. The smallest absolute Gasteiger partial charge is 0.133 e. The number of hydrogen-bond acceptors (Lipinski definition) is 4. The first-order valence-electron chi connectivity index (χ1n) is 7.22. The molecule has 0 bridgehead atoms. The highest BCUT2D eigenvalue weighted by Gasteiger charge is 2.25. The lowest BCUT2D eigenvalue weighted by molar-refractivity contribution is 0.161. The molecule has 1 aromatic heterocycles. The van der Waals surface area contributed by atoms with Gasteiger partial charge in [-0.25, -0.2) is 4.98 Å². The first-order valence-corrected chi connectivity index (χ1v) is 8.01. The fourth-order valence-corrected chi connectivity index (χ4v) is 2.98. The number of hydrogen-bond donors (Lipinski definition) is 1. The molecule has 0 aliphatic carbocycles. The predicted octanol–water partition coefficient (Wildman–Crippen LogP) is 2.81. The Hall–Kier alpha value is -0.650. The predicted molar refractivity (Wildman–Crippen MR) is 86.1 cm³/mol. The van der Waals surface area contributed by atoms with Gasteiger partial charge in [-0.1, -0.05) is 13.8 Å². The molecule has 112 valence electrons. The maximum absolute atomic E-state index is 5.27. The van der Waals surface area contributed by atoms with Crippen LogP contribution in [0.5, 0.6) is 0 Å². The molecule has 2 rings (SSSR count). The van der Waals surface area contributed by atoms with Gasteiger partial charge in [0.05, 0.1) is 6.61 Å². The van der Waals surface area contributed by atoms with Crippen molar-refractivity contribution in [3.05, 3.63) is 22.3 Å². The molecule has 0 amide bonds. The van der Waals surface area contributed by atoms with E-state index in [0.717, 1.165) is 36.5 Å². The molecular weight excluding hydrogens is 318 g/mol. The van der Waals surface area contributed by atoms with Gasteiger partial charge in [-0.3, -0.25) is 0 Å². The van der Waals surface area contributed by atoms with E-state index in [2.05, 4.69) is 51.0 Å². The molecule has 1 aromatic rings. The van der Waals surface area contributed by atoms with Crippen LogP contribution in [0, 0.1) is 5.92 Å². The summed E-state index contributed by atoms with van der Waals surface area (Å²) in [5, 5.41) is 3.48. The second kappa shape index (κ2) is 7.38. The Bertz CT molecular complexity index is 439. The van der Waals surface area contributed by atoms with E-state index in [1.54, 1.807) is 7.11 Å². The van der Waals surface area contributed by atoms with E-state index in [9.17, 15) is 0 Å². The van der Waals surface area contributed by atoms with Crippen molar-refractivity contribution in [3.63, 3.8) is 0 Å². The molecule has 0 spiro atoms. The van der Waals surface area contributed by atoms with Gasteiger partial charge in [-0.05, 0) is 28.4 Å². The third-order valence-corrected chi connectivity index (χ3v) is 4.03. The SMILES string of the molecule is COCC1CCN(c2ncc(Br)cc2CNC(C)C)C1. The minimum atomic E-state index is 0.474. The maximum Gasteiger partial charge on any atom is 0.133 e. The van der Waals surface area contributed by atoms with Crippen LogP contribution < -0.4 is 10.2 Å². The van der Waals surface area contributed by atoms with E-state index in [4.69, 9.17) is 4.74 Å². The largest absolute Gasteiger partial charge is 0.384 e. The quantitative estimate of drug-likeness (QED) is 0.863. The van der Waals surface area contributed by atoms with E-state index in [1.165, 1.54) is 12.0 Å². The standard InChI is InChI=1S/C15H24BrN3O/c1-11(2)17-7-13-6-14(16)8-18-15(13)19-5-4-12(9-19)10-20-3/h6,8,11-12,17H,4-5,7,9-10H2,1-3H3. The van der Waals surface area contributed by atoms with Gasteiger partial charge < -0.3 is 15.0 Å². The molecule has 1 unspecified atom stereocenters. The first kappa shape index (κ1) is 15.7. The normalized spacial score (nSPS) is 19.1. The van der Waals surface area contributed by atoms with Crippen molar-refractivity contribution >= 4 is 21.7 Å². The molecular formula is C15H24BrN3O. The third kappa shape index (κ3) is 4.17. The van der Waals surface area contributed by atoms with E-state index >= 15 is 0 Å². The summed E-state index contributed by atoms with van der Waals surface area (Å²) in [6, 6.07) is 2.64. The van der Waals surface area contributed by atoms with E-state index < -0.39 is 0 Å². The van der Waals surface area contributed by atoms with Gasteiger partial charge in [0.2, 0.25) is 0 Å². The Morgan fingerprint density at radius 1 is 1.55 bits per heavy atom. The van der Waals surface area contributed by atoms with Crippen LogP contribution in [0.25, 0.3) is 0 Å². The lowest BCUT2D eigenvalue weighted by atomic mass is 10.1. The van der Waals surface area contributed by atoms with Crippen LogP contribution in [0.2, 0.25) is 0 Å². The summed E-state index contributed by atoms with van der Waals surface area (Å²) < 4.78 is 6.31. The lowest BCUT2D eigenvalue weighted by Gasteiger charge is -2.22. The van der Waals surface area contributed by atoms with Gasteiger partial charge in [0.25, 0.3) is 0 Å². The Morgan fingerprint density at radius 2 is 2.35 bits per heavy atom. The van der Waals surface area contributed by atoms with Crippen LogP contribution in [0.3, 0.4) is 0 Å². The molecule has 1 aliphatic heterocycles. The van der Waals surface area contributed by atoms with Crippen molar-refractivity contribution in [3.8, 4) is 0 Å². The van der Waals surface area contributed by atoms with Crippen molar-refractivity contribution in [2.75, 3.05) is 31.7 Å². The highest BCUT2D eigenvalue weighted by Crippen LogP contribution is 2.27. The van der Waals surface area contributed by atoms with Gasteiger partial charge in [-0.15, -0.1) is 0 Å². The Labute approximate surface area is 130 Å². The fourth-order valence-electron chi connectivity index (χ4n) is 2.60. The van der Waals surface area contributed by atoms with Gasteiger partial charge in [0, 0.05) is 54.9 Å². The fraction of sp³-hybridized carbons (Fsp3) is 0.667. The van der Waals surface area contributed by atoms with Crippen LogP contribution in [0.4, 0.5) is 5.82 Å². The van der Waals surface area contributed by atoms with Gasteiger partial charge >= 0.3 is 0 Å². The molecule has 1 saturated heterocycles. The molecule has 0 radical (unpaired) electrons. The molecule has 1 aliphatic rings. The number of pyridine rings is 1. The minimum Gasteiger partial charge on any atom is -0.384 e. The molecule has 5 heteroatoms. The van der Waals surface area contributed by atoms with Crippen molar-refractivity contribution in [1.29, 1.82) is 0 Å². The molecule has 1 N–H and O–H groups in total. The summed E-state index contributed by atoms with van der Waals surface area (Å²) >= 11 is 3.52. The van der Waals surface area contributed by atoms with Crippen LogP contribution in [-0.2, 0) is 11.3 Å². The number of anilines is 1. The Balaban J connectivity index is 2.10. The number of nitrogens with zero attached hydrogens (tertiary/aromatic N) is 2. The van der Waals surface area contributed by atoms with Crippen LogP contribution in [0.1, 0.15) is 25.8 Å². The summed E-state index contributed by atoms with van der Waals surface area (Å²) in [5.41, 5.74) is 1.26. The number of nitrogens with one attached hydrogen (secondary N) is 1. The van der Waals surface area contributed by atoms with E-state index in [-0.39, 0.29) is 0 Å². The Morgan fingerprint density at radius 3 is 3.05 bits per heavy atom. The van der Waals surface area contributed by atoms with Crippen molar-refractivity contribution < 1.29 is 4.74 Å². The third-order valence-electron chi connectivity index (χ3n) is 3.60. The van der Waals surface area contributed by atoms with Gasteiger partial charge in [0.15, 0.2) is 0 Å². The number of aromatic nitrogens is 1. The van der Waals surface area contributed by atoms with Gasteiger partial charge in [-0.2, -0.15) is 0 Å². The molecule has 20 heavy (non-hydrogen) atoms. The van der Waals surface area contributed by atoms with Crippen molar-refractivity contribution in [2.24, 2.45) is 5.92 Å². The maximum atomic E-state index is 5.27. The average Bonchev–Trinajstić information content (AvgIpc) is 2.85. The molecule has 1 atom stereocenters. The zero-order chi connectivity index (χ0) is 14.5. The van der Waals surface area contributed by atoms with Crippen LogP contribution in [-0.4, -0.2) is 37.8 Å². The number of ether oxygens (including phenoxy) is 1. The number of rotatable bonds is 6. The van der Waals surface area contributed by atoms with Crippen molar-refractivity contribution in [1.82, 2.24) is 10.3 Å². The summed E-state index contributed by atoms with van der Waals surface area (Å²) in [5.74, 6) is 1.73. The van der Waals surface area contributed by atoms with E-state index in [1.807, 2.05) is 6.20 Å². The topological polar surface area (TPSA) is 37.4 Å². The zero-order valence-electron chi connectivity index (χ0n) is 12.5. The lowest BCUT2D eigenvalue weighted by Crippen LogP contribution is -2.27. The second-order valence-electron chi connectivity index (χ2n) is 5.73. The summed E-state index contributed by atoms with van der Waals surface area (Å²) in [4.78, 5) is 7.01. The summed E-state index contributed by atoms with van der Waals surface area (Å²) in [6.07, 6.45) is 3.07. The molecule has 0 saturated carbocycles. The zero-order valence-corrected chi connectivity index (χ0v) is 14.1. The molecule has 4 nitrogen and oxygen atoms in total. The number of methoxy groups -OCH3 is 1. The molecule has 2 heterocycles. The van der Waals surface area contributed by atoms with Crippen LogP contribution >= 0.6 is 15.9 Å². The summed E-state index contributed by atoms with van der Waals surface area (Å²) in [7, 11) is 1.78. The first-order chi connectivity index (χ1) is 9.60. The highest BCUT2D eigenvalue weighted by atomic mass is 79.9. The Kier molecular flexibility index (Phi) is 5.81. The monoisotopic (exact) mass is 341 g/mol. The minimum absolute atomic E-state index is 0.474. The van der Waals surface area contributed by atoms with Crippen LogP contribution in [0.15, 0.2) is 16.7 Å².